The second-order valence-electron chi connectivity index (χ2n) is 6.96. The summed E-state index contributed by atoms with van der Waals surface area (Å²) in [7, 11) is -2.08. The third kappa shape index (κ3) is 5.55. The van der Waals surface area contributed by atoms with Crippen molar-refractivity contribution in [3.8, 4) is 5.75 Å². The van der Waals surface area contributed by atoms with Gasteiger partial charge in [-0.2, -0.15) is 0 Å². The maximum Gasteiger partial charge on any atom is 0.261 e. The molecule has 0 aliphatic rings. The van der Waals surface area contributed by atoms with Crippen LogP contribution in [-0.4, -0.2) is 15.5 Å². The molecule has 3 aromatic rings. The van der Waals surface area contributed by atoms with Crippen molar-refractivity contribution in [2.24, 2.45) is 0 Å². The molecule has 0 spiro atoms. The lowest BCUT2D eigenvalue weighted by Crippen LogP contribution is -2.13. The van der Waals surface area contributed by atoms with Gasteiger partial charge in [-0.1, -0.05) is 44.2 Å². The van der Waals surface area contributed by atoms with Gasteiger partial charge in [-0.15, -0.1) is 11.8 Å². The van der Waals surface area contributed by atoms with Crippen molar-refractivity contribution in [3.05, 3.63) is 83.9 Å². The van der Waals surface area contributed by atoms with Crippen LogP contribution in [-0.2, 0) is 15.8 Å². The Morgan fingerprint density at radius 2 is 1.66 bits per heavy atom. The number of nitrogens with one attached hydrogen (secondary N) is 1. The minimum Gasteiger partial charge on any atom is -0.496 e. The van der Waals surface area contributed by atoms with E-state index in [9.17, 15) is 8.42 Å². The summed E-state index contributed by atoms with van der Waals surface area (Å²) in [5, 5.41) is 0. The Hall–Kier alpha value is -2.44. The van der Waals surface area contributed by atoms with Crippen molar-refractivity contribution in [2.75, 3.05) is 11.8 Å². The van der Waals surface area contributed by atoms with Crippen molar-refractivity contribution >= 4 is 27.5 Å². The number of sulfonamides is 1. The highest BCUT2D eigenvalue weighted by Crippen LogP contribution is 2.30. The summed E-state index contributed by atoms with van der Waals surface area (Å²) in [6.45, 7) is 4.02. The zero-order chi connectivity index (χ0) is 20.9. The molecule has 0 aromatic heterocycles. The molecule has 0 radical (unpaired) electrons. The van der Waals surface area contributed by atoms with Gasteiger partial charge in [0.1, 0.15) is 5.75 Å². The van der Waals surface area contributed by atoms with Gasteiger partial charge in [0.25, 0.3) is 10.0 Å². The molecule has 0 unspecified atom stereocenters. The standard InChI is InChI=1S/C23H25NO3S2/c1-17(2)22-15-21(13-14-23(22)27-3)29(25,26)24-19-11-9-18(10-12-19)16-28-20-7-5-4-6-8-20/h4-15,17,24H,16H2,1-3H3. The number of ether oxygens (including phenoxy) is 1. The third-order valence-electron chi connectivity index (χ3n) is 4.49. The molecule has 6 heteroatoms. The molecule has 152 valence electrons. The lowest BCUT2D eigenvalue weighted by atomic mass is 10.0. The van der Waals surface area contributed by atoms with Crippen molar-refractivity contribution in [1.82, 2.24) is 0 Å². The Bertz CT molecular complexity index is 1050. The topological polar surface area (TPSA) is 55.4 Å². The van der Waals surface area contributed by atoms with Crippen LogP contribution >= 0.6 is 11.8 Å². The van der Waals surface area contributed by atoms with Crippen molar-refractivity contribution in [2.45, 2.75) is 35.3 Å². The first-order valence-corrected chi connectivity index (χ1v) is 11.8. The lowest BCUT2D eigenvalue weighted by Gasteiger charge is -2.14. The fraction of sp³-hybridized carbons (Fsp3) is 0.217. The zero-order valence-corrected chi connectivity index (χ0v) is 18.4. The van der Waals surface area contributed by atoms with Crippen LogP contribution < -0.4 is 9.46 Å². The quantitative estimate of drug-likeness (QED) is 0.454. The van der Waals surface area contributed by atoms with E-state index < -0.39 is 10.0 Å². The van der Waals surface area contributed by atoms with E-state index in [4.69, 9.17) is 4.74 Å². The van der Waals surface area contributed by atoms with E-state index in [1.807, 2.05) is 44.2 Å². The second kappa shape index (κ2) is 9.37. The minimum absolute atomic E-state index is 0.154. The second-order valence-corrected chi connectivity index (χ2v) is 9.69. The summed E-state index contributed by atoms with van der Waals surface area (Å²) >= 11 is 1.75. The van der Waals surface area contributed by atoms with Crippen LogP contribution in [0.5, 0.6) is 5.75 Å². The molecule has 0 fully saturated rings. The van der Waals surface area contributed by atoms with Gasteiger partial charge in [-0.25, -0.2) is 8.42 Å². The number of thioether (sulfide) groups is 1. The minimum atomic E-state index is -3.67. The van der Waals surface area contributed by atoms with Crippen LogP contribution in [0, 0.1) is 0 Å². The number of anilines is 1. The molecule has 0 aliphatic carbocycles. The van der Waals surface area contributed by atoms with E-state index in [0.717, 1.165) is 16.9 Å². The van der Waals surface area contributed by atoms with Crippen LogP contribution in [0.3, 0.4) is 0 Å². The smallest absolute Gasteiger partial charge is 0.261 e. The molecule has 4 nitrogen and oxygen atoms in total. The summed E-state index contributed by atoms with van der Waals surface area (Å²) in [4.78, 5) is 1.43. The number of rotatable bonds is 8. The molecule has 1 N–H and O–H groups in total. The fourth-order valence-corrected chi connectivity index (χ4v) is 4.87. The maximum absolute atomic E-state index is 12.8. The number of hydrogen-bond acceptors (Lipinski definition) is 4. The summed E-state index contributed by atoms with van der Waals surface area (Å²) in [5.74, 6) is 1.67. The Labute approximate surface area is 177 Å². The largest absolute Gasteiger partial charge is 0.496 e. The molecule has 0 atom stereocenters. The van der Waals surface area contributed by atoms with Crippen LogP contribution in [0.25, 0.3) is 0 Å². The molecule has 0 bridgehead atoms. The van der Waals surface area contributed by atoms with E-state index in [0.29, 0.717) is 11.4 Å². The van der Waals surface area contributed by atoms with E-state index in [2.05, 4.69) is 16.9 Å². The molecule has 3 aromatic carbocycles. The fourth-order valence-electron chi connectivity index (χ4n) is 2.90. The third-order valence-corrected chi connectivity index (χ3v) is 6.95. The first kappa shape index (κ1) is 21.3. The van der Waals surface area contributed by atoms with Crippen LogP contribution in [0.4, 0.5) is 5.69 Å². The van der Waals surface area contributed by atoms with Crippen LogP contribution in [0.15, 0.2) is 82.6 Å². The van der Waals surface area contributed by atoms with Crippen LogP contribution in [0.2, 0.25) is 0 Å². The van der Waals surface area contributed by atoms with E-state index in [-0.39, 0.29) is 10.8 Å². The van der Waals surface area contributed by atoms with E-state index in [1.165, 1.54) is 4.90 Å². The highest BCUT2D eigenvalue weighted by atomic mass is 32.2. The van der Waals surface area contributed by atoms with Gasteiger partial charge in [0.15, 0.2) is 0 Å². The van der Waals surface area contributed by atoms with Crippen molar-refractivity contribution in [3.63, 3.8) is 0 Å². The van der Waals surface area contributed by atoms with Crippen molar-refractivity contribution in [1.29, 1.82) is 0 Å². The molecule has 3 rings (SSSR count). The Balaban J connectivity index is 1.71. The van der Waals surface area contributed by atoms with Gasteiger partial charge in [0.05, 0.1) is 12.0 Å². The predicted octanol–water partition coefficient (Wildman–Crippen LogP) is 5.91. The molecule has 0 aliphatic heterocycles. The van der Waals surface area contributed by atoms with Crippen LogP contribution in [0.1, 0.15) is 30.9 Å². The van der Waals surface area contributed by atoms with Gasteiger partial charge in [0, 0.05) is 16.3 Å². The van der Waals surface area contributed by atoms with Gasteiger partial charge in [-0.05, 0) is 59.5 Å². The maximum atomic E-state index is 12.8. The summed E-state index contributed by atoms with van der Waals surface area (Å²) in [5.41, 5.74) is 2.54. The van der Waals surface area contributed by atoms with Gasteiger partial charge in [-0.3, -0.25) is 4.72 Å². The highest BCUT2D eigenvalue weighted by molar-refractivity contribution is 7.98. The van der Waals surface area contributed by atoms with Crippen molar-refractivity contribution < 1.29 is 13.2 Å². The van der Waals surface area contributed by atoms with E-state index >= 15 is 0 Å². The first-order chi connectivity index (χ1) is 13.9. The molecule has 29 heavy (non-hydrogen) atoms. The molecule has 0 saturated heterocycles. The highest BCUT2D eigenvalue weighted by Gasteiger charge is 2.18. The Morgan fingerprint density at radius 3 is 2.28 bits per heavy atom. The molecular weight excluding hydrogens is 402 g/mol. The monoisotopic (exact) mass is 427 g/mol. The number of hydrogen-bond donors (Lipinski definition) is 1. The van der Waals surface area contributed by atoms with Gasteiger partial charge >= 0.3 is 0 Å². The predicted molar refractivity (Wildman–Crippen MR) is 120 cm³/mol. The molecule has 0 amide bonds. The molecule has 0 saturated carbocycles. The average molecular weight is 428 g/mol. The van der Waals surface area contributed by atoms with Gasteiger partial charge in [0.2, 0.25) is 0 Å². The zero-order valence-electron chi connectivity index (χ0n) is 16.8. The first-order valence-electron chi connectivity index (χ1n) is 9.36. The Morgan fingerprint density at radius 1 is 0.966 bits per heavy atom. The van der Waals surface area contributed by atoms with Gasteiger partial charge < -0.3 is 4.74 Å². The summed E-state index contributed by atoms with van der Waals surface area (Å²) in [6.07, 6.45) is 0. The average Bonchev–Trinajstić information content (AvgIpc) is 2.73. The summed E-state index contributed by atoms with van der Waals surface area (Å²) in [6, 6.07) is 22.6. The lowest BCUT2D eigenvalue weighted by molar-refractivity contribution is 0.407. The summed E-state index contributed by atoms with van der Waals surface area (Å²) < 4.78 is 33.6. The number of benzene rings is 3. The Kier molecular flexibility index (Phi) is 6.87. The van der Waals surface area contributed by atoms with E-state index in [1.54, 1.807) is 49.2 Å². The number of methoxy groups -OCH3 is 1. The molecule has 0 heterocycles. The molecular formula is C23H25NO3S2. The SMILES string of the molecule is COc1ccc(S(=O)(=O)Nc2ccc(CSc3ccccc3)cc2)cc1C(C)C. The normalized spacial score (nSPS) is 11.4.